The molecule has 0 radical (unpaired) electrons. The highest BCUT2D eigenvalue weighted by Crippen LogP contribution is 2.29. The first-order chi connectivity index (χ1) is 14.1. The Bertz CT molecular complexity index is 699. The lowest BCUT2D eigenvalue weighted by Gasteiger charge is -2.44. The van der Waals surface area contributed by atoms with Gasteiger partial charge in [0.05, 0.1) is 37.9 Å². The van der Waals surface area contributed by atoms with Crippen LogP contribution in [0.25, 0.3) is 0 Å². The van der Waals surface area contributed by atoms with E-state index in [0.717, 1.165) is 25.7 Å². The first-order valence-electron chi connectivity index (χ1n) is 10.8. The number of hydrogen-bond acceptors (Lipinski definition) is 5. The fourth-order valence-corrected chi connectivity index (χ4v) is 4.52. The van der Waals surface area contributed by atoms with Crippen LogP contribution in [0.4, 0.5) is 4.39 Å². The van der Waals surface area contributed by atoms with Gasteiger partial charge in [0.15, 0.2) is 0 Å². The highest BCUT2D eigenvalue weighted by molar-refractivity contribution is 5.76. The Morgan fingerprint density at radius 3 is 2.79 bits per heavy atom. The molecule has 4 rings (SSSR count). The molecule has 2 heterocycles. The molecular formula is C22H31FN2O4. The van der Waals surface area contributed by atoms with Crippen molar-refractivity contribution in [3.8, 4) is 0 Å². The van der Waals surface area contributed by atoms with Crippen LogP contribution in [0, 0.1) is 5.82 Å². The summed E-state index contributed by atoms with van der Waals surface area (Å²) in [5, 5.41) is 13.3. The summed E-state index contributed by atoms with van der Waals surface area (Å²) in [7, 11) is 0. The molecule has 7 heteroatoms. The van der Waals surface area contributed by atoms with Gasteiger partial charge in [0.1, 0.15) is 5.82 Å². The summed E-state index contributed by atoms with van der Waals surface area (Å²) in [4.78, 5) is 14.4. The number of aliphatic hydroxyl groups excluding tert-OH is 1. The Morgan fingerprint density at radius 1 is 1.21 bits per heavy atom. The van der Waals surface area contributed by atoms with Gasteiger partial charge in [0.25, 0.3) is 0 Å². The molecule has 4 atom stereocenters. The van der Waals surface area contributed by atoms with Gasteiger partial charge in [-0.3, -0.25) is 9.69 Å². The highest BCUT2D eigenvalue weighted by atomic mass is 19.1. The van der Waals surface area contributed by atoms with Gasteiger partial charge in [-0.15, -0.1) is 0 Å². The van der Waals surface area contributed by atoms with E-state index in [-0.39, 0.29) is 36.6 Å². The van der Waals surface area contributed by atoms with E-state index in [4.69, 9.17) is 9.47 Å². The van der Waals surface area contributed by atoms with E-state index in [2.05, 4.69) is 10.2 Å². The number of β-amino-alcohol motifs (C(OH)–C–C–N with tert-alkyl or cyclic N) is 1. The molecule has 1 aliphatic carbocycles. The van der Waals surface area contributed by atoms with Crippen molar-refractivity contribution in [2.45, 2.75) is 75.5 Å². The van der Waals surface area contributed by atoms with Crippen LogP contribution >= 0.6 is 0 Å². The van der Waals surface area contributed by atoms with Gasteiger partial charge in [-0.05, 0) is 38.2 Å². The minimum atomic E-state index is -0.617. The molecule has 3 fully saturated rings. The van der Waals surface area contributed by atoms with Crippen LogP contribution in [0.1, 0.15) is 44.1 Å². The largest absolute Gasteiger partial charge is 0.389 e. The number of nitrogens with zero attached hydrogens (tertiary/aromatic N) is 1. The lowest BCUT2D eigenvalue weighted by molar-refractivity contribution is -0.158. The predicted octanol–water partition coefficient (Wildman–Crippen LogP) is 1.99. The maximum atomic E-state index is 14.2. The van der Waals surface area contributed by atoms with E-state index in [1.807, 2.05) is 6.07 Å². The van der Waals surface area contributed by atoms with Crippen LogP contribution in [0.15, 0.2) is 24.3 Å². The highest BCUT2D eigenvalue weighted by Gasteiger charge is 2.38. The van der Waals surface area contributed by atoms with Crippen LogP contribution in [-0.2, 0) is 20.8 Å². The Hall–Kier alpha value is -1.54. The number of halogens is 1. The maximum absolute atomic E-state index is 14.2. The predicted molar refractivity (Wildman–Crippen MR) is 106 cm³/mol. The number of carbonyl (C=O) groups excluding carboxylic acids is 1. The van der Waals surface area contributed by atoms with E-state index >= 15 is 0 Å². The number of hydrogen-bond donors (Lipinski definition) is 2. The van der Waals surface area contributed by atoms with Gasteiger partial charge in [0.2, 0.25) is 5.91 Å². The summed E-state index contributed by atoms with van der Waals surface area (Å²) in [5.41, 5.74) is 0.613. The smallest absolute Gasteiger partial charge is 0.222 e. The van der Waals surface area contributed by atoms with Crippen LogP contribution in [0.5, 0.6) is 0 Å². The molecule has 6 nitrogen and oxygen atoms in total. The van der Waals surface area contributed by atoms with Crippen molar-refractivity contribution >= 4 is 5.91 Å². The average Bonchev–Trinajstić information content (AvgIpc) is 2.65. The Labute approximate surface area is 171 Å². The molecule has 2 N–H and O–H groups in total. The first-order valence-corrected chi connectivity index (χ1v) is 10.8. The third-order valence-corrected chi connectivity index (χ3v) is 6.30. The minimum Gasteiger partial charge on any atom is -0.389 e. The fraction of sp³-hybridized carbons (Fsp3) is 0.682. The first kappa shape index (κ1) is 20.7. The molecule has 1 saturated carbocycles. The maximum Gasteiger partial charge on any atom is 0.222 e. The molecule has 1 aromatic carbocycles. The Kier molecular flexibility index (Phi) is 6.80. The van der Waals surface area contributed by atoms with Crippen molar-refractivity contribution in [2.24, 2.45) is 0 Å². The van der Waals surface area contributed by atoms with Crippen molar-refractivity contribution in [2.75, 3.05) is 19.8 Å². The molecular weight excluding hydrogens is 375 g/mol. The molecule has 1 aromatic rings. The average molecular weight is 406 g/mol. The number of benzene rings is 1. The van der Waals surface area contributed by atoms with Gasteiger partial charge in [0, 0.05) is 30.7 Å². The van der Waals surface area contributed by atoms with E-state index in [0.29, 0.717) is 37.7 Å². The molecule has 2 aliphatic heterocycles. The minimum absolute atomic E-state index is 0.0236. The second-order valence-electron chi connectivity index (χ2n) is 8.55. The van der Waals surface area contributed by atoms with Crippen molar-refractivity contribution < 1.29 is 23.8 Å². The quantitative estimate of drug-likeness (QED) is 0.783. The van der Waals surface area contributed by atoms with E-state index in [1.54, 1.807) is 12.1 Å². The third-order valence-electron chi connectivity index (χ3n) is 6.30. The monoisotopic (exact) mass is 406 g/mol. The van der Waals surface area contributed by atoms with E-state index < -0.39 is 6.10 Å². The summed E-state index contributed by atoms with van der Waals surface area (Å²) >= 11 is 0. The van der Waals surface area contributed by atoms with Gasteiger partial charge in [-0.25, -0.2) is 4.39 Å². The zero-order valence-electron chi connectivity index (χ0n) is 16.8. The molecule has 3 aliphatic rings. The molecule has 29 heavy (non-hydrogen) atoms. The van der Waals surface area contributed by atoms with Crippen LogP contribution in [0.2, 0.25) is 0 Å². The van der Waals surface area contributed by atoms with Crippen LogP contribution in [0.3, 0.4) is 0 Å². The zero-order chi connectivity index (χ0) is 20.2. The number of carbonyl (C=O) groups is 1. The topological polar surface area (TPSA) is 71.0 Å². The van der Waals surface area contributed by atoms with Crippen LogP contribution in [-0.4, -0.2) is 66.1 Å². The van der Waals surface area contributed by atoms with Gasteiger partial charge in [-0.1, -0.05) is 18.2 Å². The summed E-state index contributed by atoms with van der Waals surface area (Å²) in [6, 6.07) is 7.11. The number of aliphatic hydroxyl groups is 1. The standard InChI is InChI=1S/C22H31FN2O4/c23-19-7-2-1-4-15(19)11-25-12-17(26)13-28-14-21-20(25)9-8-18(29-21)10-22(27)24-16-5-3-6-16/h1-2,4,7,16-18,20-21,26H,3,5-6,8-14H2,(H,24,27)/t17-,18-,20+,21-/m0/s1. The SMILES string of the molecule is O=C(C[C@@H]1CC[C@@H]2[C@H](COC[C@@H](O)CN2Cc2ccccc2F)O1)NC1CCC1. The third kappa shape index (κ3) is 5.34. The van der Waals surface area contributed by atoms with Crippen LogP contribution < -0.4 is 5.32 Å². The summed E-state index contributed by atoms with van der Waals surface area (Å²) in [5.74, 6) is -0.178. The van der Waals surface area contributed by atoms with Gasteiger partial charge in [-0.2, -0.15) is 0 Å². The van der Waals surface area contributed by atoms with Gasteiger partial charge >= 0.3 is 0 Å². The number of amides is 1. The fourth-order valence-electron chi connectivity index (χ4n) is 4.52. The molecule has 160 valence electrons. The number of rotatable bonds is 5. The summed E-state index contributed by atoms with van der Waals surface area (Å²) < 4.78 is 26.1. The van der Waals surface area contributed by atoms with E-state index in [1.165, 1.54) is 12.5 Å². The lowest BCUT2D eigenvalue weighted by Crippen LogP contribution is -2.55. The zero-order valence-corrected chi connectivity index (χ0v) is 16.8. The van der Waals surface area contributed by atoms with E-state index in [9.17, 15) is 14.3 Å². The number of ether oxygens (including phenoxy) is 2. The summed E-state index contributed by atoms with van der Waals surface area (Å²) in [6.07, 6.45) is 4.37. The second-order valence-corrected chi connectivity index (χ2v) is 8.55. The van der Waals surface area contributed by atoms with Crippen molar-refractivity contribution in [1.29, 1.82) is 0 Å². The second kappa shape index (κ2) is 9.51. The number of nitrogens with one attached hydrogen (secondary N) is 1. The lowest BCUT2D eigenvalue weighted by atomic mass is 9.92. The van der Waals surface area contributed by atoms with Gasteiger partial charge < -0.3 is 19.9 Å². The van der Waals surface area contributed by atoms with Crippen molar-refractivity contribution in [1.82, 2.24) is 10.2 Å². The molecule has 1 amide bonds. The molecule has 0 bridgehead atoms. The van der Waals surface area contributed by atoms with Crippen molar-refractivity contribution in [3.05, 3.63) is 35.6 Å². The molecule has 2 saturated heterocycles. The normalized spacial score (nSPS) is 31.2. The molecule has 0 spiro atoms. The Morgan fingerprint density at radius 2 is 2.03 bits per heavy atom. The van der Waals surface area contributed by atoms with Crippen molar-refractivity contribution in [3.63, 3.8) is 0 Å². The summed E-state index contributed by atoms with van der Waals surface area (Å²) in [6.45, 7) is 1.43. The molecule has 0 aromatic heterocycles. The molecule has 0 unspecified atom stereocenters. The Balaban J connectivity index is 1.40. The number of fused-ring (bicyclic) bond motifs is 1.